The van der Waals surface area contributed by atoms with Gasteiger partial charge in [-0.1, -0.05) is 19.1 Å². The molecule has 0 aliphatic carbocycles. The smallest absolute Gasteiger partial charge is 0.282 e. The lowest BCUT2D eigenvalue weighted by molar-refractivity contribution is 0.218. The molecular formula is C14H16N4O3. The highest BCUT2D eigenvalue weighted by atomic mass is 16.5. The predicted octanol–water partition coefficient (Wildman–Crippen LogP) is 2.59. The number of para-hydroxylation sites is 1. The molecule has 7 heteroatoms. The number of nitrogens with one attached hydrogen (secondary N) is 1. The lowest BCUT2D eigenvalue weighted by Crippen LogP contribution is -2.13. The van der Waals surface area contributed by atoms with Gasteiger partial charge in [0.25, 0.3) is 5.56 Å². The van der Waals surface area contributed by atoms with E-state index in [0.717, 1.165) is 6.42 Å². The zero-order valence-corrected chi connectivity index (χ0v) is 11.8. The third-order valence-corrected chi connectivity index (χ3v) is 3.06. The standard InChI is InChI=1S/C14H16N4O3/c1-3-8(2)21-10-7-5-4-6-9(10)13-16-12(15)11(18-20)14(19)17-13/h4-8H,3H2,1-2H3,(H3,15,16,17,19). The summed E-state index contributed by atoms with van der Waals surface area (Å²) in [7, 11) is 0. The highest BCUT2D eigenvalue weighted by Gasteiger charge is 2.14. The van der Waals surface area contributed by atoms with Crippen molar-refractivity contribution in [3.05, 3.63) is 39.5 Å². The van der Waals surface area contributed by atoms with Crippen LogP contribution >= 0.6 is 0 Å². The summed E-state index contributed by atoms with van der Waals surface area (Å²) in [6.45, 7) is 3.96. The Hall–Kier alpha value is -2.70. The maximum atomic E-state index is 11.7. The number of hydrogen-bond donors (Lipinski definition) is 2. The molecule has 0 amide bonds. The fraction of sp³-hybridized carbons (Fsp3) is 0.286. The SMILES string of the molecule is CCC(C)Oc1ccccc1-c1nc(N)c(N=O)c(=O)[nH]1. The van der Waals surface area contributed by atoms with Crippen LogP contribution in [0.15, 0.2) is 34.2 Å². The van der Waals surface area contributed by atoms with Gasteiger partial charge in [-0.2, -0.15) is 0 Å². The van der Waals surface area contributed by atoms with Crippen LogP contribution in [0.1, 0.15) is 20.3 Å². The van der Waals surface area contributed by atoms with Gasteiger partial charge in [-0.05, 0) is 30.7 Å². The zero-order chi connectivity index (χ0) is 15.4. The number of H-pyrrole nitrogens is 1. The Kier molecular flexibility index (Phi) is 4.32. The number of anilines is 1. The van der Waals surface area contributed by atoms with Gasteiger partial charge in [-0.25, -0.2) is 4.98 Å². The van der Waals surface area contributed by atoms with E-state index in [0.29, 0.717) is 11.3 Å². The van der Waals surface area contributed by atoms with E-state index < -0.39 is 11.2 Å². The first-order valence-corrected chi connectivity index (χ1v) is 6.56. The minimum absolute atomic E-state index is 0.0196. The molecular weight excluding hydrogens is 272 g/mol. The summed E-state index contributed by atoms with van der Waals surface area (Å²) in [6.07, 6.45) is 0.861. The monoisotopic (exact) mass is 288 g/mol. The molecule has 2 aromatic rings. The Bertz CT molecular complexity index is 712. The minimum Gasteiger partial charge on any atom is -0.490 e. The van der Waals surface area contributed by atoms with E-state index in [2.05, 4.69) is 15.1 Å². The lowest BCUT2D eigenvalue weighted by Gasteiger charge is -2.15. The van der Waals surface area contributed by atoms with Crippen molar-refractivity contribution in [3.63, 3.8) is 0 Å². The highest BCUT2D eigenvalue weighted by molar-refractivity contribution is 5.67. The molecule has 0 aliphatic rings. The van der Waals surface area contributed by atoms with Crippen molar-refractivity contribution in [2.45, 2.75) is 26.4 Å². The van der Waals surface area contributed by atoms with Crippen LogP contribution in [0.3, 0.4) is 0 Å². The second-order valence-electron chi connectivity index (χ2n) is 4.57. The molecule has 1 aromatic carbocycles. The normalized spacial score (nSPS) is 11.9. The van der Waals surface area contributed by atoms with Gasteiger partial charge >= 0.3 is 0 Å². The van der Waals surface area contributed by atoms with Gasteiger partial charge in [0.1, 0.15) is 11.6 Å². The van der Waals surface area contributed by atoms with E-state index in [9.17, 15) is 9.70 Å². The van der Waals surface area contributed by atoms with E-state index in [1.54, 1.807) is 18.2 Å². The molecule has 110 valence electrons. The van der Waals surface area contributed by atoms with Crippen molar-refractivity contribution in [2.24, 2.45) is 5.18 Å². The van der Waals surface area contributed by atoms with Gasteiger partial charge in [-0.15, -0.1) is 4.91 Å². The number of nitrogen functional groups attached to an aromatic ring is 1. The van der Waals surface area contributed by atoms with Crippen molar-refractivity contribution in [2.75, 3.05) is 5.73 Å². The zero-order valence-electron chi connectivity index (χ0n) is 11.8. The lowest BCUT2D eigenvalue weighted by atomic mass is 10.2. The Morgan fingerprint density at radius 1 is 1.43 bits per heavy atom. The second kappa shape index (κ2) is 6.17. The number of nitrogens with two attached hydrogens (primary N) is 1. The Morgan fingerprint density at radius 2 is 2.14 bits per heavy atom. The average molecular weight is 288 g/mol. The van der Waals surface area contributed by atoms with Gasteiger partial charge in [0.15, 0.2) is 5.82 Å². The summed E-state index contributed by atoms with van der Waals surface area (Å²) in [5, 5.41) is 2.58. The van der Waals surface area contributed by atoms with Crippen LogP contribution in [0.5, 0.6) is 5.75 Å². The van der Waals surface area contributed by atoms with Crippen molar-refractivity contribution in [1.82, 2.24) is 9.97 Å². The molecule has 0 radical (unpaired) electrons. The molecule has 1 unspecified atom stereocenters. The van der Waals surface area contributed by atoms with Crippen molar-refractivity contribution in [3.8, 4) is 17.1 Å². The van der Waals surface area contributed by atoms with Crippen LogP contribution < -0.4 is 16.0 Å². The first-order valence-electron chi connectivity index (χ1n) is 6.56. The molecule has 1 aromatic heterocycles. The van der Waals surface area contributed by atoms with Gasteiger partial charge in [0.2, 0.25) is 5.69 Å². The highest BCUT2D eigenvalue weighted by Crippen LogP contribution is 2.29. The van der Waals surface area contributed by atoms with Crippen LogP contribution in [0.25, 0.3) is 11.4 Å². The maximum Gasteiger partial charge on any atom is 0.282 e. The number of ether oxygens (including phenoxy) is 1. The molecule has 0 saturated carbocycles. The van der Waals surface area contributed by atoms with Crippen molar-refractivity contribution >= 4 is 11.5 Å². The molecule has 1 atom stereocenters. The molecule has 21 heavy (non-hydrogen) atoms. The van der Waals surface area contributed by atoms with Crippen molar-refractivity contribution < 1.29 is 4.74 Å². The van der Waals surface area contributed by atoms with E-state index in [4.69, 9.17) is 10.5 Å². The maximum absolute atomic E-state index is 11.7. The largest absolute Gasteiger partial charge is 0.490 e. The molecule has 0 fully saturated rings. The van der Waals surface area contributed by atoms with Gasteiger partial charge < -0.3 is 15.5 Å². The number of aromatic nitrogens is 2. The molecule has 2 rings (SSSR count). The topological polar surface area (TPSA) is 110 Å². The molecule has 0 spiro atoms. The summed E-state index contributed by atoms with van der Waals surface area (Å²) in [5.74, 6) is 0.618. The number of aromatic amines is 1. The minimum atomic E-state index is -0.675. The van der Waals surface area contributed by atoms with Gasteiger partial charge in [-0.3, -0.25) is 4.79 Å². The molecule has 0 bridgehead atoms. The number of nitroso groups, excluding NO2 is 1. The fourth-order valence-corrected chi connectivity index (χ4v) is 1.77. The van der Waals surface area contributed by atoms with Gasteiger partial charge in [0, 0.05) is 0 Å². The summed E-state index contributed by atoms with van der Waals surface area (Å²) < 4.78 is 5.80. The van der Waals surface area contributed by atoms with Crippen molar-refractivity contribution in [1.29, 1.82) is 0 Å². The number of nitrogens with zero attached hydrogens (tertiary/aromatic N) is 2. The Labute approximate surface area is 121 Å². The van der Waals surface area contributed by atoms with Crippen LogP contribution in [0, 0.1) is 4.91 Å². The van der Waals surface area contributed by atoms with E-state index in [-0.39, 0.29) is 17.7 Å². The third-order valence-electron chi connectivity index (χ3n) is 3.06. The Balaban J connectivity index is 2.52. The Morgan fingerprint density at radius 3 is 2.76 bits per heavy atom. The number of benzene rings is 1. The molecule has 3 N–H and O–H groups in total. The van der Waals surface area contributed by atoms with Crippen LogP contribution in [-0.2, 0) is 0 Å². The van der Waals surface area contributed by atoms with Crippen LogP contribution in [0.2, 0.25) is 0 Å². The number of hydrogen-bond acceptors (Lipinski definition) is 6. The summed E-state index contributed by atoms with van der Waals surface area (Å²) in [6, 6.07) is 7.15. The second-order valence-corrected chi connectivity index (χ2v) is 4.57. The first kappa shape index (κ1) is 14.7. The van der Waals surface area contributed by atoms with E-state index in [1.807, 2.05) is 19.9 Å². The average Bonchev–Trinajstić information content (AvgIpc) is 2.47. The van der Waals surface area contributed by atoms with E-state index >= 15 is 0 Å². The number of rotatable bonds is 5. The summed E-state index contributed by atoms with van der Waals surface area (Å²) >= 11 is 0. The quantitative estimate of drug-likeness (QED) is 0.821. The molecule has 0 saturated heterocycles. The predicted molar refractivity (Wildman–Crippen MR) is 80.5 cm³/mol. The van der Waals surface area contributed by atoms with Gasteiger partial charge in [0.05, 0.1) is 11.7 Å². The summed E-state index contributed by atoms with van der Waals surface area (Å²) in [5.41, 5.74) is 5.09. The first-order chi connectivity index (χ1) is 10.1. The van der Waals surface area contributed by atoms with Crippen LogP contribution in [-0.4, -0.2) is 16.1 Å². The van der Waals surface area contributed by atoms with Crippen LogP contribution in [0.4, 0.5) is 11.5 Å². The fourth-order valence-electron chi connectivity index (χ4n) is 1.77. The molecule has 0 aliphatic heterocycles. The molecule has 7 nitrogen and oxygen atoms in total. The van der Waals surface area contributed by atoms with E-state index in [1.165, 1.54) is 0 Å². The third kappa shape index (κ3) is 3.07. The summed E-state index contributed by atoms with van der Waals surface area (Å²) in [4.78, 5) is 28.8. The molecule has 1 heterocycles.